The van der Waals surface area contributed by atoms with Gasteiger partial charge in [0.2, 0.25) is 5.91 Å². The van der Waals surface area contributed by atoms with Crippen LogP contribution in [0.1, 0.15) is 42.7 Å². The van der Waals surface area contributed by atoms with E-state index in [1.807, 2.05) is 24.3 Å². The van der Waals surface area contributed by atoms with Crippen LogP contribution in [-0.2, 0) is 4.79 Å². The molecule has 0 radical (unpaired) electrons. The molecular formula is C22H28N4O. The third-order valence-corrected chi connectivity index (χ3v) is 5.13. The van der Waals surface area contributed by atoms with Crippen LogP contribution in [0.15, 0.2) is 59.6 Å². The Morgan fingerprint density at radius 3 is 2.63 bits per heavy atom. The van der Waals surface area contributed by atoms with Crippen LogP contribution in [0.25, 0.3) is 0 Å². The molecule has 0 aliphatic carbocycles. The van der Waals surface area contributed by atoms with E-state index >= 15 is 0 Å². The Morgan fingerprint density at radius 1 is 1.15 bits per heavy atom. The minimum absolute atomic E-state index is 0.0681. The minimum Gasteiger partial charge on any atom is -0.356 e. The molecule has 0 spiro atoms. The Morgan fingerprint density at radius 2 is 1.89 bits per heavy atom. The molecule has 0 aromatic heterocycles. The van der Waals surface area contributed by atoms with Crippen molar-refractivity contribution in [3.05, 3.63) is 65.7 Å². The van der Waals surface area contributed by atoms with Crippen molar-refractivity contribution in [3.8, 4) is 0 Å². The smallest absolute Gasteiger partial charge is 0.225 e. The van der Waals surface area contributed by atoms with Crippen molar-refractivity contribution in [2.24, 2.45) is 4.99 Å². The Hall–Kier alpha value is -2.82. The summed E-state index contributed by atoms with van der Waals surface area (Å²) >= 11 is 0. The van der Waals surface area contributed by atoms with Crippen molar-refractivity contribution < 1.29 is 4.79 Å². The molecule has 0 bridgehead atoms. The lowest BCUT2D eigenvalue weighted by Crippen LogP contribution is -2.42. The van der Waals surface area contributed by atoms with Crippen LogP contribution in [-0.4, -0.2) is 32.0 Å². The summed E-state index contributed by atoms with van der Waals surface area (Å²) in [6, 6.07) is 18.5. The SMILES string of the molecule is CCC(CNC(=NC)NCC1CC(=O)Nc2ccccc21)c1ccccc1. The number of nitrogens with one attached hydrogen (secondary N) is 3. The van der Waals surface area contributed by atoms with Crippen molar-refractivity contribution in [3.63, 3.8) is 0 Å². The van der Waals surface area contributed by atoms with Crippen LogP contribution < -0.4 is 16.0 Å². The second kappa shape index (κ2) is 9.21. The van der Waals surface area contributed by atoms with Gasteiger partial charge < -0.3 is 16.0 Å². The molecule has 5 heteroatoms. The summed E-state index contributed by atoms with van der Waals surface area (Å²) in [6.45, 7) is 3.70. The highest BCUT2D eigenvalue weighted by molar-refractivity contribution is 5.94. The lowest BCUT2D eigenvalue weighted by Gasteiger charge is -2.26. The third-order valence-electron chi connectivity index (χ3n) is 5.13. The molecule has 3 rings (SSSR count). The minimum atomic E-state index is 0.0681. The zero-order chi connectivity index (χ0) is 19.1. The molecule has 5 nitrogen and oxygen atoms in total. The monoisotopic (exact) mass is 364 g/mol. The number of guanidine groups is 1. The van der Waals surface area contributed by atoms with Gasteiger partial charge in [0.15, 0.2) is 5.96 Å². The summed E-state index contributed by atoms with van der Waals surface area (Å²) in [5.41, 5.74) is 3.43. The Bertz CT molecular complexity index is 788. The Balaban J connectivity index is 1.58. The van der Waals surface area contributed by atoms with E-state index in [-0.39, 0.29) is 11.8 Å². The van der Waals surface area contributed by atoms with Crippen molar-refractivity contribution >= 4 is 17.6 Å². The first-order valence-corrected chi connectivity index (χ1v) is 9.59. The second-order valence-corrected chi connectivity index (χ2v) is 6.89. The van der Waals surface area contributed by atoms with Crippen LogP contribution in [0.4, 0.5) is 5.69 Å². The molecule has 142 valence electrons. The van der Waals surface area contributed by atoms with Crippen molar-refractivity contribution in [2.45, 2.75) is 31.6 Å². The van der Waals surface area contributed by atoms with Gasteiger partial charge in [0.25, 0.3) is 0 Å². The van der Waals surface area contributed by atoms with E-state index in [0.29, 0.717) is 18.9 Å². The highest BCUT2D eigenvalue weighted by Crippen LogP contribution is 2.31. The van der Waals surface area contributed by atoms with Gasteiger partial charge in [-0.2, -0.15) is 0 Å². The number of fused-ring (bicyclic) bond motifs is 1. The number of anilines is 1. The van der Waals surface area contributed by atoms with Gasteiger partial charge in [-0.1, -0.05) is 55.5 Å². The summed E-state index contributed by atoms with van der Waals surface area (Å²) in [6.07, 6.45) is 1.55. The first-order valence-electron chi connectivity index (χ1n) is 9.59. The first kappa shape index (κ1) is 19.0. The number of carbonyl (C=O) groups excluding carboxylic acids is 1. The van der Waals surface area contributed by atoms with Gasteiger partial charge in [-0.15, -0.1) is 0 Å². The van der Waals surface area contributed by atoms with Crippen LogP contribution in [0.2, 0.25) is 0 Å². The van der Waals surface area contributed by atoms with Gasteiger partial charge in [0.05, 0.1) is 0 Å². The number of carbonyl (C=O) groups is 1. The molecule has 0 saturated heterocycles. The summed E-state index contributed by atoms with van der Waals surface area (Å²) in [5, 5.41) is 9.77. The number of hydrogen-bond acceptors (Lipinski definition) is 2. The number of aliphatic imine (C=N–C) groups is 1. The van der Waals surface area contributed by atoms with E-state index in [2.05, 4.69) is 58.2 Å². The van der Waals surface area contributed by atoms with E-state index in [1.165, 1.54) is 11.1 Å². The summed E-state index contributed by atoms with van der Waals surface area (Å²) in [7, 11) is 1.78. The zero-order valence-electron chi connectivity index (χ0n) is 16.0. The highest BCUT2D eigenvalue weighted by atomic mass is 16.1. The van der Waals surface area contributed by atoms with Gasteiger partial charge in [0.1, 0.15) is 0 Å². The molecule has 1 heterocycles. The number of rotatable bonds is 6. The molecular weight excluding hydrogens is 336 g/mol. The fourth-order valence-corrected chi connectivity index (χ4v) is 3.57. The Kier molecular flexibility index (Phi) is 6.47. The summed E-state index contributed by atoms with van der Waals surface area (Å²) < 4.78 is 0. The highest BCUT2D eigenvalue weighted by Gasteiger charge is 2.24. The third kappa shape index (κ3) is 4.88. The molecule has 0 saturated carbocycles. The van der Waals surface area contributed by atoms with E-state index < -0.39 is 0 Å². The van der Waals surface area contributed by atoms with Crippen LogP contribution in [0.3, 0.4) is 0 Å². The second-order valence-electron chi connectivity index (χ2n) is 6.89. The van der Waals surface area contributed by atoms with E-state index in [0.717, 1.165) is 24.6 Å². The molecule has 2 aromatic carbocycles. The first-order chi connectivity index (χ1) is 13.2. The molecule has 2 unspecified atom stereocenters. The number of nitrogens with zero attached hydrogens (tertiary/aromatic N) is 1. The average Bonchev–Trinajstić information content (AvgIpc) is 2.71. The maximum absolute atomic E-state index is 12.0. The molecule has 3 N–H and O–H groups in total. The van der Waals surface area contributed by atoms with Gasteiger partial charge in [0, 0.05) is 44.1 Å². The number of para-hydroxylation sites is 1. The standard InChI is InChI=1S/C22H28N4O/c1-3-16(17-9-5-4-6-10-17)14-24-22(23-2)25-15-18-13-21(27)26-20-12-8-7-11-19(18)20/h4-12,16,18H,3,13-15H2,1-2H3,(H,26,27)(H2,23,24,25). The van der Waals surface area contributed by atoms with E-state index in [4.69, 9.17) is 0 Å². The molecule has 2 aromatic rings. The Labute approximate surface area is 161 Å². The van der Waals surface area contributed by atoms with Crippen LogP contribution >= 0.6 is 0 Å². The van der Waals surface area contributed by atoms with Crippen LogP contribution in [0.5, 0.6) is 0 Å². The number of amides is 1. The molecule has 1 aliphatic heterocycles. The number of benzene rings is 2. The fourth-order valence-electron chi connectivity index (χ4n) is 3.57. The summed E-state index contributed by atoms with van der Waals surface area (Å²) in [4.78, 5) is 16.3. The van der Waals surface area contributed by atoms with E-state index in [9.17, 15) is 4.79 Å². The molecule has 2 atom stereocenters. The van der Waals surface area contributed by atoms with Gasteiger partial charge >= 0.3 is 0 Å². The fraction of sp³-hybridized carbons (Fsp3) is 0.364. The van der Waals surface area contributed by atoms with Crippen molar-refractivity contribution in [2.75, 3.05) is 25.5 Å². The van der Waals surface area contributed by atoms with Gasteiger partial charge in [-0.05, 0) is 23.6 Å². The summed E-state index contributed by atoms with van der Waals surface area (Å²) in [5.74, 6) is 1.42. The van der Waals surface area contributed by atoms with E-state index in [1.54, 1.807) is 7.05 Å². The normalized spacial score (nSPS) is 17.6. The molecule has 0 fully saturated rings. The topological polar surface area (TPSA) is 65.5 Å². The number of hydrogen-bond donors (Lipinski definition) is 3. The lowest BCUT2D eigenvalue weighted by atomic mass is 9.90. The van der Waals surface area contributed by atoms with Crippen LogP contribution in [0, 0.1) is 0 Å². The predicted octanol–water partition coefficient (Wildman–Crippen LogP) is 3.47. The quantitative estimate of drug-likeness (QED) is 0.543. The van der Waals surface area contributed by atoms with Gasteiger partial charge in [-0.25, -0.2) is 0 Å². The molecule has 1 aliphatic rings. The largest absolute Gasteiger partial charge is 0.356 e. The maximum atomic E-state index is 12.0. The maximum Gasteiger partial charge on any atom is 0.225 e. The molecule has 1 amide bonds. The average molecular weight is 364 g/mol. The molecule has 27 heavy (non-hydrogen) atoms. The van der Waals surface area contributed by atoms with Crippen molar-refractivity contribution in [1.82, 2.24) is 10.6 Å². The predicted molar refractivity (Wildman–Crippen MR) is 111 cm³/mol. The van der Waals surface area contributed by atoms with Crippen molar-refractivity contribution in [1.29, 1.82) is 0 Å². The lowest BCUT2D eigenvalue weighted by molar-refractivity contribution is -0.116. The van der Waals surface area contributed by atoms with Gasteiger partial charge in [-0.3, -0.25) is 9.79 Å². The zero-order valence-corrected chi connectivity index (χ0v) is 16.0.